The lowest BCUT2D eigenvalue weighted by Gasteiger charge is -2.17. The molecule has 3 heterocycles. The van der Waals surface area contributed by atoms with E-state index in [1.165, 1.54) is 16.7 Å². The van der Waals surface area contributed by atoms with Crippen LogP contribution < -0.4 is 10.2 Å². The molecule has 3 rings (SSSR count). The summed E-state index contributed by atoms with van der Waals surface area (Å²) in [4.78, 5) is 11.2. The van der Waals surface area contributed by atoms with Gasteiger partial charge in [-0.2, -0.15) is 0 Å². The first-order valence-corrected chi connectivity index (χ1v) is 6.78. The number of aryl methyl sites for hydroxylation is 1. The number of hydrogen-bond donors (Lipinski definition) is 1. The second-order valence-corrected chi connectivity index (χ2v) is 5.39. The summed E-state index contributed by atoms with van der Waals surface area (Å²) in [7, 11) is 2.03. The molecular formula is C12H16N4S. The lowest BCUT2D eigenvalue weighted by Crippen LogP contribution is -2.29. The smallest absolute Gasteiger partial charge is 0.150 e. The first-order chi connectivity index (χ1) is 8.29. The third-order valence-electron chi connectivity index (χ3n) is 3.41. The van der Waals surface area contributed by atoms with E-state index < -0.39 is 0 Å². The molecule has 90 valence electrons. The number of fused-ring (bicyclic) bond motifs is 1. The number of aromatic nitrogens is 2. The Bertz CT molecular complexity index is 536. The Hall–Kier alpha value is -1.20. The van der Waals surface area contributed by atoms with Gasteiger partial charge >= 0.3 is 0 Å². The summed E-state index contributed by atoms with van der Waals surface area (Å²) in [6.07, 6.45) is 2.87. The van der Waals surface area contributed by atoms with Gasteiger partial charge in [-0.25, -0.2) is 9.97 Å². The van der Waals surface area contributed by atoms with Gasteiger partial charge in [0.05, 0.1) is 10.2 Å². The molecule has 2 aromatic heterocycles. The Labute approximate surface area is 105 Å². The summed E-state index contributed by atoms with van der Waals surface area (Å²) >= 11 is 1.75. The number of rotatable bonds is 2. The van der Waals surface area contributed by atoms with E-state index in [9.17, 15) is 0 Å². The van der Waals surface area contributed by atoms with E-state index >= 15 is 0 Å². The van der Waals surface area contributed by atoms with Crippen LogP contribution in [0.2, 0.25) is 0 Å². The van der Waals surface area contributed by atoms with E-state index in [0.717, 1.165) is 24.4 Å². The van der Waals surface area contributed by atoms with Crippen LogP contribution >= 0.6 is 11.3 Å². The van der Waals surface area contributed by atoms with Crippen LogP contribution in [-0.2, 0) is 0 Å². The van der Waals surface area contributed by atoms with Crippen LogP contribution in [-0.4, -0.2) is 36.1 Å². The molecule has 1 fully saturated rings. The van der Waals surface area contributed by atoms with Crippen molar-refractivity contribution >= 4 is 27.4 Å². The maximum absolute atomic E-state index is 4.47. The Morgan fingerprint density at radius 3 is 3.12 bits per heavy atom. The van der Waals surface area contributed by atoms with Gasteiger partial charge in [-0.1, -0.05) is 0 Å². The molecule has 0 radical (unpaired) electrons. The van der Waals surface area contributed by atoms with Crippen molar-refractivity contribution in [1.82, 2.24) is 15.3 Å². The number of likely N-dealkylation sites (N-methyl/N-ethyl adjacent to an activating group) is 1. The molecule has 4 nitrogen and oxygen atoms in total. The number of thiophene rings is 1. The largest absolute Gasteiger partial charge is 0.354 e. The molecule has 17 heavy (non-hydrogen) atoms. The average Bonchev–Trinajstić information content (AvgIpc) is 2.96. The molecule has 0 saturated carbocycles. The van der Waals surface area contributed by atoms with E-state index in [0.29, 0.717) is 6.04 Å². The molecule has 2 aromatic rings. The molecule has 1 unspecified atom stereocenters. The first kappa shape index (κ1) is 10.9. The Kier molecular flexibility index (Phi) is 2.72. The van der Waals surface area contributed by atoms with E-state index in [1.807, 2.05) is 7.05 Å². The normalized spacial score (nSPS) is 20.4. The predicted octanol–water partition coefficient (Wildman–Crippen LogP) is 1.80. The Morgan fingerprint density at radius 1 is 1.47 bits per heavy atom. The Balaban J connectivity index is 2.00. The van der Waals surface area contributed by atoms with Crippen molar-refractivity contribution in [3.8, 4) is 0 Å². The minimum absolute atomic E-state index is 0.584. The molecule has 5 heteroatoms. The molecule has 1 atom stereocenters. The number of anilines is 1. The van der Waals surface area contributed by atoms with Gasteiger partial charge in [-0.05, 0) is 31.3 Å². The highest BCUT2D eigenvalue weighted by Crippen LogP contribution is 2.32. The fourth-order valence-corrected chi connectivity index (χ4v) is 3.39. The molecule has 1 aliphatic heterocycles. The fraction of sp³-hybridized carbons (Fsp3) is 0.500. The fourth-order valence-electron chi connectivity index (χ4n) is 2.37. The minimum atomic E-state index is 0.584. The zero-order valence-corrected chi connectivity index (χ0v) is 10.9. The lowest BCUT2D eigenvalue weighted by atomic mass is 10.3. The summed E-state index contributed by atoms with van der Waals surface area (Å²) < 4.78 is 1.22. The van der Waals surface area contributed by atoms with Gasteiger partial charge in [0.1, 0.15) is 12.1 Å². The van der Waals surface area contributed by atoms with E-state index in [2.05, 4.69) is 32.5 Å². The SMILES string of the molecule is CNC1CCN(c2ncnc3c(C)csc23)C1. The van der Waals surface area contributed by atoms with Gasteiger partial charge in [0, 0.05) is 19.1 Å². The molecule has 1 aliphatic rings. The van der Waals surface area contributed by atoms with Crippen LogP contribution in [0.5, 0.6) is 0 Å². The van der Waals surface area contributed by atoms with Crippen molar-refractivity contribution in [1.29, 1.82) is 0 Å². The van der Waals surface area contributed by atoms with Crippen LogP contribution in [0.4, 0.5) is 5.82 Å². The standard InChI is InChI=1S/C12H16N4S/c1-8-6-17-11-10(8)14-7-15-12(11)16-4-3-9(5-16)13-2/h6-7,9,13H,3-5H2,1-2H3. The molecule has 1 saturated heterocycles. The van der Waals surface area contributed by atoms with Crippen molar-refractivity contribution in [2.75, 3.05) is 25.0 Å². The van der Waals surface area contributed by atoms with Gasteiger partial charge in [-0.15, -0.1) is 11.3 Å². The van der Waals surface area contributed by atoms with Crippen molar-refractivity contribution < 1.29 is 0 Å². The number of nitrogens with zero attached hydrogens (tertiary/aromatic N) is 3. The summed E-state index contributed by atoms with van der Waals surface area (Å²) in [5.74, 6) is 1.10. The topological polar surface area (TPSA) is 41.0 Å². The quantitative estimate of drug-likeness (QED) is 0.880. The van der Waals surface area contributed by atoms with Crippen LogP contribution in [0.15, 0.2) is 11.7 Å². The first-order valence-electron chi connectivity index (χ1n) is 5.90. The molecule has 0 aliphatic carbocycles. The van der Waals surface area contributed by atoms with Crippen LogP contribution in [0, 0.1) is 6.92 Å². The second kappa shape index (κ2) is 4.23. The summed E-state index contributed by atoms with van der Waals surface area (Å²) in [5, 5.41) is 5.50. The van der Waals surface area contributed by atoms with Crippen LogP contribution in [0.1, 0.15) is 12.0 Å². The van der Waals surface area contributed by atoms with Crippen molar-refractivity contribution in [3.63, 3.8) is 0 Å². The van der Waals surface area contributed by atoms with Crippen molar-refractivity contribution in [3.05, 3.63) is 17.3 Å². The van der Waals surface area contributed by atoms with Gasteiger partial charge in [-0.3, -0.25) is 0 Å². The van der Waals surface area contributed by atoms with Crippen LogP contribution in [0.3, 0.4) is 0 Å². The average molecular weight is 248 g/mol. The highest BCUT2D eigenvalue weighted by atomic mass is 32.1. The van der Waals surface area contributed by atoms with Gasteiger partial charge in [0.2, 0.25) is 0 Å². The van der Waals surface area contributed by atoms with Crippen LogP contribution in [0.25, 0.3) is 10.2 Å². The maximum Gasteiger partial charge on any atom is 0.150 e. The number of nitrogens with one attached hydrogen (secondary N) is 1. The zero-order chi connectivity index (χ0) is 11.8. The highest BCUT2D eigenvalue weighted by Gasteiger charge is 2.24. The number of hydrogen-bond acceptors (Lipinski definition) is 5. The van der Waals surface area contributed by atoms with Crippen molar-refractivity contribution in [2.45, 2.75) is 19.4 Å². The molecular weight excluding hydrogens is 232 g/mol. The zero-order valence-electron chi connectivity index (χ0n) is 10.1. The molecule has 0 bridgehead atoms. The molecule has 0 amide bonds. The maximum atomic E-state index is 4.47. The minimum Gasteiger partial charge on any atom is -0.354 e. The highest BCUT2D eigenvalue weighted by molar-refractivity contribution is 7.18. The molecule has 0 aromatic carbocycles. The van der Waals surface area contributed by atoms with Gasteiger partial charge in [0.25, 0.3) is 0 Å². The van der Waals surface area contributed by atoms with Gasteiger partial charge in [0.15, 0.2) is 0 Å². The Morgan fingerprint density at radius 2 is 2.35 bits per heavy atom. The molecule has 1 N–H and O–H groups in total. The van der Waals surface area contributed by atoms with E-state index in [4.69, 9.17) is 0 Å². The summed E-state index contributed by atoms with van der Waals surface area (Å²) in [5.41, 5.74) is 2.35. The lowest BCUT2D eigenvalue weighted by molar-refractivity contribution is 0.616. The predicted molar refractivity (Wildman–Crippen MR) is 71.8 cm³/mol. The summed E-state index contributed by atoms with van der Waals surface area (Å²) in [6.45, 7) is 4.23. The monoisotopic (exact) mass is 248 g/mol. The third-order valence-corrected chi connectivity index (χ3v) is 4.49. The van der Waals surface area contributed by atoms with Crippen molar-refractivity contribution in [2.24, 2.45) is 0 Å². The third kappa shape index (κ3) is 1.79. The van der Waals surface area contributed by atoms with Gasteiger partial charge < -0.3 is 10.2 Å². The second-order valence-electron chi connectivity index (χ2n) is 4.51. The molecule has 0 spiro atoms. The van der Waals surface area contributed by atoms with E-state index in [1.54, 1.807) is 17.7 Å². The summed E-state index contributed by atoms with van der Waals surface area (Å²) in [6, 6.07) is 0.584. The van der Waals surface area contributed by atoms with E-state index in [-0.39, 0.29) is 0 Å².